The number of nitrogens with zero attached hydrogens (tertiary/aromatic N) is 5. The number of likely N-dealkylation sites (N-methyl/N-ethyl adjacent to an activating group) is 1. The molecule has 3 heterocycles. The number of nitrogens with one attached hydrogen (secondary N) is 1. The first-order valence-electron chi connectivity index (χ1n) is 12.2. The van der Waals surface area contributed by atoms with Crippen molar-refractivity contribution in [2.24, 2.45) is 0 Å². The number of hydrogen-bond donors (Lipinski definition) is 1. The maximum Gasteiger partial charge on any atom is 0.239 e. The van der Waals surface area contributed by atoms with Gasteiger partial charge in [-0.05, 0) is 33.9 Å². The Labute approximate surface area is 210 Å². The minimum atomic E-state index is -1.40. The molecule has 2 aromatic heterocycles. The summed E-state index contributed by atoms with van der Waals surface area (Å²) in [5.74, 6) is 1.01. The molecule has 1 N–H and O–H groups in total. The fraction of sp³-hybridized carbons (Fsp3) is 0.500. The largest absolute Gasteiger partial charge is 0.474 e. The molecule has 2 atom stereocenters. The second kappa shape index (κ2) is 11.3. The van der Waals surface area contributed by atoms with E-state index in [9.17, 15) is 4.39 Å². The van der Waals surface area contributed by atoms with Gasteiger partial charge in [0.05, 0.1) is 18.0 Å². The van der Waals surface area contributed by atoms with Crippen molar-refractivity contribution in [3.63, 3.8) is 0 Å². The summed E-state index contributed by atoms with van der Waals surface area (Å²) in [5, 5.41) is 4.02. The van der Waals surface area contributed by atoms with Crippen LogP contribution >= 0.6 is 0 Å². The first kappa shape index (κ1) is 26.0. The molecule has 1 aromatic carbocycles. The predicted octanol–water partition coefficient (Wildman–Crippen LogP) is 4.45. The number of aryl methyl sites for hydroxylation is 1. The van der Waals surface area contributed by atoms with Crippen molar-refractivity contribution in [3.05, 3.63) is 47.0 Å². The number of alkyl halides is 1. The number of pyridine rings is 1. The molecule has 1 aliphatic heterocycles. The number of aromatic nitrogens is 3. The zero-order valence-electron chi connectivity index (χ0n) is 21.5. The number of benzene rings is 1. The zero-order valence-corrected chi connectivity index (χ0v) is 21.5. The number of ether oxygens (including phenoxy) is 2. The standard InChI is InChI=1S/C26H34F2N6O2/c1-16(27)19-7-6-8-20(23(19)28)17(2)29-24-21-15-22(34-11-9-33(4)10-12-34)26(36-14-13-35-5)32-25(21)31-18(3)30-24/h6-8,15-17H,9-14H2,1-5H3,(H,29,30,31,32)/t16?,17-/m1/s1. The molecular formula is C26H34F2N6O2. The van der Waals surface area contributed by atoms with Crippen LogP contribution in [0.5, 0.6) is 5.88 Å². The monoisotopic (exact) mass is 500 g/mol. The van der Waals surface area contributed by atoms with Crippen LogP contribution in [-0.2, 0) is 4.74 Å². The van der Waals surface area contributed by atoms with Crippen molar-refractivity contribution in [3.8, 4) is 5.88 Å². The van der Waals surface area contributed by atoms with E-state index in [2.05, 4.69) is 32.1 Å². The van der Waals surface area contributed by atoms with Crippen LogP contribution in [0.15, 0.2) is 24.3 Å². The first-order chi connectivity index (χ1) is 17.3. The van der Waals surface area contributed by atoms with E-state index in [1.54, 1.807) is 26.2 Å². The van der Waals surface area contributed by atoms with Crippen LogP contribution in [-0.4, -0.2) is 73.4 Å². The molecule has 194 valence electrons. The van der Waals surface area contributed by atoms with Crippen LogP contribution < -0.4 is 15.0 Å². The number of rotatable bonds is 9. The maximum atomic E-state index is 15.0. The van der Waals surface area contributed by atoms with E-state index in [0.717, 1.165) is 31.9 Å². The van der Waals surface area contributed by atoms with Crippen LogP contribution in [0.2, 0.25) is 0 Å². The molecule has 1 unspecified atom stereocenters. The molecule has 0 radical (unpaired) electrons. The lowest BCUT2D eigenvalue weighted by atomic mass is 10.0. The molecule has 1 saturated heterocycles. The summed E-state index contributed by atoms with van der Waals surface area (Å²) >= 11 is 0. The van der Waals surface area contributed by atoms with E-state index in [1.807, 2.05) is 13.0 Å². The fourth-order valence-corrected chi connectivity index (χ4v) is 4.34. The molecule has 10 heteroatoms. The van der Waals surface area contributed by atoms with E-state index in [4.69, 9.17) is 14.5 Å². The van der Waals surface area contributed by atoms with Gasteiger partial charge in [0.2, 0.25) is 5.88 Å². The van der Waals surface area contributed by atoms with Gasteiger partial charge in [-0.2, -0.15) is 4.98 Å². The summed E-state index contributed by atoms with van der Waals surface area (Å²) in [4.78, 5) is 18.4. The normalized spacial score (nSPS) is 16.2. The van der Waals surface area contributed by atoms with Crippen LogP contribution in [0.25, 0.3) is 11.0 Å². The molecule has 0 aliphatic carbocycles. The van der Waals surface area contributed by atoms with Crippen molar-refractivity contribution >= 4 is 22.5 Å². The Morgan fingerprint density at radius 1 is 1.06 bits per heavy atom. The third-order valence-corrected chi connectivity index (χ3v) is 6.42. The molecule has 0 bridgehead atoms. The van der Waals surface area contributed by atoms with Gasteiger partial charge >= 0.3 is 0 Å². The molecule has 1 fully saturated rings. The number of fused-ring (bicyclic) bond motifs is 1. The molecular weight excluding hydrogens is 466 g/mol. The van der Waals surface area contributed by atoms with Crippen molar-refractivity contribution in [1.82, 2.24) is 19.9 Å². The highest BCUT2D eigenvalue weighted by Gasteiger charge is 2.23. The second-order valence-corrected chi connectivity index (χ2v) is 9.17. The highest BCUT2D eigenvalue weighted by molar-refractivity contribution is 5.90. The van der Waals surface area contributed by atoms with Gasteiger partial charge in [0.1, 0.15) is 35.9 Å². The molecule has 0 saturated carbocycles. The average molecular weight is 501 g/mol. The predicted molar refractivity (Wildman–Crippen MR) is 137 cm³/mol. The second-order valence-electron chi connectivity index (χ2n) is 9.17. The van der Waals surface area contributed by atoms with Gasteiger partial charge in [0, 0.05) is 44.4 Å². The summed E-state index contributed by atoms with van der Waals surface area (Å²) in [6, 6.07) is 6.32. The highest BCUT2D eigenvalue weighted by Crippen LogP contribution is 2.35. The Hall–Kier alpha value is -3.11. The molecule has 0 spiro atoms. The lowest BCUT2D eigenvalue weighted by Crippen LogP contribution is -2.44. The number of halogens is 2. The lowest BCUT2D eigenvalue weighted by molar-refractivity contribution is 0.144. The Morgan fingerprint density at radius 2 is 1.78 bits per heavy atom. The van der Waals surface area contributed by atoms with Gasteiger partial charge in [0.15, 0.2) is 5.65 Å². The number of anilines is 2. The van der Waals surface area contributed by atoms with E-state index in [-0.39, 0.29) is 5.56 Å². The number of methoxy groups -OCH3 is 1. The van der Waals surface area contributed by atoms with Crippen molar-refractivity contribution in [1.29, 1.82) is 0 Å². The lowest BCUT2D eigenvalue weighted by Gasteiger charge is -2.34. The quantitative estimate of drug-likeness (QED) is 0.432. The smallest absolute Gasteiger partial charge is 0.239 e. The molecule has 4 rings (SSSR count). The van der Waals surface area contributed by atoms with Gasteiger partial charge in [0.25, 0.3) is 0 Å². The van der Waals surface area contributed by atoms with E-state index in [1.165, 1.54) is 13.0 Å². The Bertz CT molecular complexity index is 1200. The van der Waals surface area contributed by atoms with Crippen molar-refractivity contribution in [2.45, 2.75) is 33.0 Å². The summed E-state index contributed by atoms with van der Waals surface area (Å²) in [7, 11) is 3.73. The highest BCUT2D eigenvalue weighted by atomic mass is 19.1. The zero-order chi connectivity index (χ0) is 25.8. The van der Waals surface area contributed by atoms with Crippen LogP contribution in [0.3, 0.4) is 0 Å². The average Bonchev–Trinajstić information content (AvgIpc) is 2.84. The van der Waals surface area contributed by atoms with Gasteiger partial charge in [-0.15, -0.1) is 0 Å². The number of piperazine rings is 1. The van der Waals surface area contributed by atoms with Gasteiger partial charge in [-0.3, -0.25) is 0 Å². The van der Waals surface area contributed by atoms with Crippen molar-refractivity contribution in [2.75, 3.05) is 63.8 Å². The first-order valence-corrected chi connectivity index (χ1v) is 12.2. The van der Waals surface area contributed by atoms with E-state index in [0.29, 0.717) is 47.3 Å². The van der Waals surface area contributed by atoms with E-state index >= 15 is 4.39 Å². The summed E-state index contributed by atoms with van der Waals surface area (Å²) in [6.45, 7) is 9.25. The van der Waals surface area contributed by atoms with Gasteiger partial charge < -0.3 is 24.6 Å². The summed E-state index contributed by atoms with van der Waals surface area (Å²) in [6.07, 6.45) is -1.40. The minimum Gasteiger partial charge on any atom is -0.474 e. The minimum absolute atomic E-state index is 0.0433. The molecule has 0 amide bonds. The van der Waals surface area contributed by atoms with Crippen LogP contribution in [0, 0.1) is 12.7 Å². The van der Waals surface area contributed by atoms with Crippen LogP contribution in [0.4, 0.5) is 20.3 Å². The Balaban J connectivity index is 1.74. The summed E-state index contributed by atoms with van der Waals surface area (Å²) in [5.41, 5.74) is 1.75. The van der Waals surface area contributed by atoms with Crippen LogP contribution in [0.1, 0.15) is 43.0 Å². The maximum absolute atomic E-state index is 15.0. The molecule has 1 aliphatic rings. The fourth-order valence-electron chi connectivity index (χ4n) is 4.34. The Morgan fingerprint density at radius 3 is 2.47 bits per heavy atom. The Kier molecular flexibility index (Phi) is 8.15. The van der Waals surface area contributed by atoms with E-state index < -0.39 is 18.0 Å². The molecule has 36 heavy (non-hydrogen) atoms. The third kappa shape index (κ3) is 5.65. The summed E-state index contributed by atoms with van der Waals surface area (Å²) < 4.78 is 40.1. The topological polar surface area (TPSA) is 75.6 Å². The molecule has 3 aromatic rings. The van der Waals surface area contributed by atoms with Gasteiger partial charge in [-0.1, -0.05) is 18.2 Å². The van der Waals surface area contributed by atoms with Crippen molar-refractivity contribution < 1.29 is 18.3 Å². The SMILES string of the molecule is COCCOc1nc2nc(C)nc(N[C@H](C)c3cccc(C(C)F)c3F)c2cc1N1CCN(C)CC1. The number of hydrogen-bond acceptors (Lipinski definition) is 8. The van der Waals surface area contributed by atoms with Gasteiger partial charge in [-0.25, -0.2) is 18.7 Å². The molecule has 8 nitrogen and oxygen atoms in total. The third-order valence-electron chi connectivity index (χ3n) is 6.42.